The Bertz CT molecular complexity index is 217. The molecule has 2 atom stereocenters. The van der Waals surface area contributed by atoms with Crippen LogP contribution in [0.1, 0.15) is 33.1 Å². The molecular formula is C10H22O3Si2. The highest BCUT2D eigenvalue weighted by Crippen LogP contribution is 2.45. The largest absolute Gasteiger partial charge is 0.404 e. The Morgan fingerprint density at radius 3 is 2.40 bits per heavy atom. The van der Waals surface area contributed by atoms with Crippen LogP contribution in [0.4, 0.5) is 0 Å². The Morgan fingerprint density at radius 1 is 1.33 bits per heavy atom. The van der Waals surface area contributed by atoms with Crippen LogP contribution in [0.25, 0.3) is 0 Å². The molecule has 88 valence electrons. The summed E-state index contributed by atoms with van der Waals surface area (Å²) in [4.78, 5) is 11.0. The molecule has 2 unspecified atom stereocenters. The zero-order valence-corrected chi connectivity index (χ0v) is 14.2. The molecule has 0 aliphatic heterocycles. The highest BCUT2D eigenvalue weighted by atomic mass is 28.2. The summed E-state index contributed by atoms with van der Waals surface area (Å²) in [5.41, 5.74) is -0.0361. The average Bonchev–Trinajstić information content (AvgIpc) is 2.67. The second-order valence-corrected chi connectivity index (χ2v) is 5.90. The average molecular weight is 246 g/mol. The van der Waals surface area contributed by atoms with Crippen LogP contribution in [0.2, 0.25) is 0 Å². The first-order chi connectivity index (χ1) is 7.07. The summed E-state index contributed by atoms with van der Waals surface area (Å²) in [7, 11) is 1.38. The maximum Gasteiger partial charge on any atom is 0.149 e. The van der Waals surface area contributed by atoms with Gasteiger partial charge in [0.1, 0.15) is 33.5 Å². The lowest BCUT2D eigenvalue weighted by Gasteiger charge is -2.39. The first-order valence-corrected chi connectivity index (χ1v) is 7.22. The van der Waals surface area contributed by atoms with E-state index in [1.807, 2.05) is 0 Å². The van der Waals surface area contributed by atoms with Crippen LogP contribution in [0, 0.1) is 17.3 Å². The Labute approximate surface area is 98.0 Å². The summed E-state index contributed by atoms with van der Waals surface area (Å²) < 4.78 is 11.0. The van der Waals surface area contributed by atoms with Gasteiger partial charge in [-0.05, 0) is 18.8 Å². The minimum atomic E-state index is -0.110. The van der Waals surface area contributed by atoms with E-state index >= 15 is 0 Å². The summed E-state index contributed by atoms with van der Waals surface area (Å²) in [5, 5.41) is 0. The van der Waals surface area contributed by atoms with Crippen molar-refractivity contribution in [1.29, 1.82) is 0 Å². The first kappa shape index (κ1) is 13.1. The van der Waals surface area contributed by atoms with Crippen molar-refractivity contribution >= 4 is 27.3 Å². The van der Waals surface area contributed by atoms with E-state index in [9.17, 15) is 4.79 Å². The van der Waals surface area contributed by atoms with Gasteiger partial charge >= 0.3 is 0 Å². The van der Waals surface area contributed by atoms with Gasteiger partial charge in [-0.3, -0.25) is 0 Å². The molecule has 1 aliphatic rings. The summed E-state index contributed by atoms with van der Waals surface area (Å²) in [6.45, 7) is 4.33. The smallest absolute Gasteiger partial charge is 0.149 e. The molecule has 0 aromatic rings. The Morgan fingerprint density at radius 2 is 1.93 bits per heavy atom. The van der Waals surface area contributed by atoms with E-state index in [4.69, 9.17) is 8.85 Å². The molecule has 0 saturated heterocycles. The Kier molecular flexibility index (Phi) is 4.70. The quantitative estimate of drug-likeness (QED) is 0.374. The number of aldehydes is 1. The molecule has 0 aromatic heterocycles. The molecule has 0 heterocycles. The number of carbonyl (C=O) groups is 1. The summed E-state index contributed by atoms with van der Waals surface area (Å²) in [5.74, 6) is 0.624. The van der Waals surface area contributed by atoms with Crippen molar-refractivity contribution in [3.05, 3.63) is 0 Å². The Hall–Kier alpha value is 0.0238. The SMILES string of the molecule is CC(C)(C(O[SiH3])O[SiH3])C1CCCC1C=O. The van der Waals surface area contributed by atoms with Gasteiger partial charge in [-0.15, -0.1) is 0 Å². The van der Waals surface area contributed by atoms with Crippen LogP contribution < -0.4 is 0 Å². The van der Waals surface area contributed by atoms with Crippen LogP contribution in [0.5, 0.6) is 0 Å². The number of hydrogen-bond donors (Lipinski definition) is 0. The monoisotopic (exact) mass is 246 g/mol. The van der Waals surface area contributed by atoms with Gasteiger partial charge in [0.15, 0.2) is 0 Å². The highest BCUT2D eigenvalue weighted by molar-refractivity contribution is 5.99. The van der Waals surface area contributed by atoms with Gasteiger partial charge in [-0.2, -0.15) is 0 Å². The van der Waals surface area contributed by atoms with Crippen LogP contribution in [-0.4, -0.2) is 33.5 Å². The molecule has 1 aliphatic carbocycles. The number of carbonyl (C=O) groups excluding carboxylic acids is 1. The van der Waals surface area contributed by atoms with Crippen molar-refractivity contribution in [1.82, 2.24) is 0 Å². The fourth-order valence-corrected chi connectivity index (χ4v) is 4.94. The van der Waals surface area contributed by atoms with E-state index in [0.29, 0.717) is 26.9 Å². The second-order valence-electron chi connectivity index (χ2n) is 4.96. The highest BCUT2D eigenvalue weighted by Gasteiger charge is 2.43. The van der Waals surface area contributed by atoms with Crippen LogP contribution in [0.3, 0.4) is 0 Å². The molecule has 0 aromatic carbocycles. The molecule has 5 heteroatoms. The fraction of sp³-hybridized carbons (Fsp3) is 0.900. The lowest BCUT2D eigenvalue weighted by atomic mass is 9.73. The van der Waals surface area contributed by atoms with E-state index < -0.39 is 0 Å². The molecule has 15 heavy (non-hydrogen) atoms. The second kappa shape index (κ2) is 5.38. The van der Waals surface area contributed by atoms with Gasteiger partial charge in [0.05, 0.1) is 0 Å². The molecule has 1 saturated carbocycles. The zero-order valence-electron chi connectivity index (χ0n) is 10.2. The molecule has 0 N–H and O–H groups in total. The number of rotatable bonds is 5. The van der Waals surface area contributed by atoms with Gasteiger partial charge in [0.2, 0.25) is 0 Å². The molecule has 1 rings (SSSR count). The van der Waals surface area contributed by atoms with Gasteiger partial charge < -0.3 is 13.6 Å². The Balaban J connectivity index is 2.78. The standard InChI is InChI=1S/C10H22O3Si2/c1-10(2,9(12-14)13-15)8-5-3-4-7(8)6-11/h6-9H,3-5H2,1-2,14-15H3. The third-order valence-corrected chi connectivity index (χ3v) is 4.59. The van der Waals surface area contributed by atoms with Crippen molar-refractivity contribution in [2.75, 3.05) is 0 Å². The van der Waals surface area contributed by atoms with E-state index in [2.05, 4.69) is 13.8 Å². The molecular weight excluding hydrogens is 224 g/mol. The normalized spacial score (nSPS) is 29.5. The lowest BCUT2D eigenvalue weighted by molar-refractivity contribution is -0.123. The minimum absolute atomic E-state index is 0.0361. The van der Waals surface area contributed by atoms with Gasteiger partial charge in [-0.1, -0.05) is 20.3 Å². The summed E-state index contributed by atoms with van der Waals surface area (Å²) in [6, 6.07) is 0. The van der Waals surface area contributed by atoms with Crippen molar-refractivity contribution in [2.45, 2.75) is 39.4 Å². The first-order valence-electron chi connectivity index (χ1n) is 5.58. The van der Waals surface area contributed by atoms with E-state index in [-0.39, 0.29) is 17.6 Å². The van der Waals surface area contributed by atoms with Gasteiger partial charge in [-0.25, -0.2) is 0 Å². The molecule has 0 spiro atoms. The van der Waals surface area contributed by atoms with E-state index in [1.165, 1.54) is 0 Å². The summed E-state index contributed by atoms with van der Waals surface area (Å²) in [6.07, 6.45) is 4.33. The van der Waals surface area contributed by atoms with Gasteiger partial charge in [0.25, 0.3) is 0 Å². The van der Waals surface area contributed by atoms with Crippen LogP contribution in [0.15, 0.2) is 0 Å². The fourth-order valence-electron chi connectivity index (χ4n) is 2.95. The molecule has 3 nitrogen and oxygen atoms in total. The third-order valence-electron chi connectivity index (χ3n) is 3.74. The van der Waals surface area contributed by atoms with E-state index in [1.54, 1.807) is 0 Å². The minimum Gasteiger partial charge on any atom is -0.404 e. The maximum absolute atomic E-state index is 11.0. The van der Waals surface area contributed by atoms with Crippen molar-refractivity contribution in [3.63, 3.8) is 0 Å². The van der Waals surface area contributed by atoms with Crippen LogP contribution >= 0.6 is 0 Å². The topological polar surface area (TPSA) is 35.5 Å². The summed E-state index contributed by atoms with van der Waals surface area (Å²) >= 11 is 0. The van der Waals surface area contributed by atoms with Crippen molar-refractivity contribution in [2.24, 2.45) is 17.3 Å². The maximum atomic E-state index is 11.0. The molecule has 0 radical (unpaired) electrons. The predicted molar refractivity (Wildman–Crippen MR) is 66.5 cm³/mol. The zero-order chi connectivity index (χ0) is 11.5. The van der Waals surface area contributed by atoms with E-state index in [0.717, 1.165) is 25.5 Å². The third kappa shape index (κ3) is 2.58. The molecule has 0 bridgehead atoms. The molecule has 0 amide bonds. The van der Waals surface area contributed by atoms with Crippen molar-refractivity contribution in [3.8, 4) is 0 Å². The number of hydrogen-bond acceptors (Lipinski definition) is 3. The van der Waals surface area contributed by atoms with Gasteiger partial charge in [0, 0.05) is 11.3 Å². The predicted octanol–water partition coefficient (Wildman–Crippen LogP) is -0.452. The molecule has 1 fully saturated rings. The van der Waals surface area contributed by atoms with Crippen molar-refractivity contribution < 1.29 is 13.6 Å². The lowest BCUT2D eigenvalue weighted by Crippen LogP contribution is -2.41. The van der Waals surface area contributed by atoms with Crippen LogP contribution in [-0.2, 0) is 13.6 Å².